The van der Waals surface area contributed by atoms with Crippen molar-refractivity contribution in [1.29, 1.82) is 0 Å². The number of morpholine rings is 1. The van der Waals surface area contributed by atoms with Gasteiger partial charge in [-0.3, -0.25) is 4.79 Å². The second-order valence-electron chi connectivity index (χ2n) is 9.52. The average Bonchev–Trinajstić information content (AvgIpc) is 3.66. The molecular formula is C27H32Cl2N2O4S. The van der Waals surface area contributed by atoms with E-state index < -0.39 is 33.0 Å². The van der Waals surface area contributed by atoms with Crippen molar-refractivity contribution >= 4 is 39.1 Å². The van der Waals surface area contributed by atoms with E-state index in [9.17, 15) is 13.2 Å². The van der Waals surface area contributed by atoms with Crippen LogP contribution in [0, 0.1) is 0 Å². The first kappa shape index (κ1) is 27.1. The number of benzene rings is 2. The van der Waals surface area contributed by atoms with Crippen LogP contribution in [-0.2, 0) is 19.6 Å². The van der Waals surface area contributed by atoms with Crippen LogP contribution in [0.5, 0.6) is 0 Å². The minimum absolute atomic E-state index is 0.169. The maximum Gasteiger partial charge on any atom is 0.252 e. The van der Waals surface area contributed by atoms with Crippen molar-refractivity contribution in [1.82, 2.24) is 9.62 Å². The molecule has 0 spiro atoms. The molecule has 4 atom stereocenters. The second-order valence-corrected chi connectivity index (χ2v) is 12.7. The summed E-state index contributed by atoms with van der Waals surface area (Å²) in [4.78, 5) is 15.8. The Balaban J connectivity index is 1.84. The number of sulfonamides is 1. The van der Waals surface area contributed by atoms with Gasteiger partial charge >= 0.3 is 0 Å². The zero-order valence-corrected chi connectivity index (χ0v) is 22.8. The van der Waals surface area contributed by atoms with Crippen molar-refractivity contribution < 1.29 is 17.9 Å². The third kappa shape index (κ3) is 5.22. The number of nitrogens with zero attached hydrogens (tertiary/aromatic N) is 1. The van der Waals surface area contributed by atoms with E-state index in [0.29, 0.717) is 42.1 Å². The van der Waals surface area contributed by atoms with Crippen molar-refractivity contribution in [2.45, 2.75) is 68.1 Å². The number of halogens is 2. The fraction of sp³-hybridized carbons (Fsp3) is 0.444. The molecule has 6 nitrogen and oxygen atoms in total. The topological polar surface area (TPSA) is 75.7 Å². The quantitative estimate of drug-likeness (QED) is 0.377. The van der Waals surface area contributed by atoms with Gasteiger partial charge in [-0.1, -0.05) is 60.5 Å². The summed E-state index contributed by atoms with van der Waals surface area (Å²) in [5.74, 6) is -0.169. The third-order valence-corrected chi connectivity index (χ3v) is 10.1. The number of ether oxygens (including phenoxy) is 1. The molecule has 9 heteroatoms. The van der Waals surface area contributed by atoms with Crippen LogP contribution in [0.4, 0.5) is 0 Å². The fourth-order valence-electron chi connectivity index (χ4n) is 5.22. The highest BCUT2D eigenvalue weighted by atomic mass is 35.5. The van der Waals surface area contributed by atoms with E-state index in [1.807, 2.05) is 42.2 Å². The highest BCUT2D eigenvalue weighted by molar-refractivity contribution is 7.91. The Labute approximate surface area is 223 Å². The van der Waals surface area contributed by atoms with Gasteiger partial charge in [0.25, 0.3) is 5.91 Å². The van der Waals surface area contributed by atoms with Gasteiger partial charge in [-0.05, 0) is 68.1 Å². The minimum Gasteiger partial charge on any atom is -0.358 e. The maximum absolute atomic E-state index is 14.0. The molecule has 2 aliphatic rings. The molecule has 1 amide bonds. The number of amides is 1. The molecule has 1 N–H and O–H groups in total. The molecule has 1 saturated carbocycles. The molecule has 0 radical (unpaired) electrons. The molecule has 0 aromatic heterocycles. The molecule has 0 unspecified atom stereocenters. The number of hydrogen-bond donors (Lipinski definition) is 1. The van der Waals surface area contributed by atoms with Gasteiger partial charge in [-0.15, -0.1) is 6.58 Å². The molecule has 36 heavy (non-hydrogen) atoms. The summed E-state index contributed by atoms with van der Waals surface area (Å²) in [5.41, 5.74) is 1.70. The first-order valence-corrected chi connectivity index (χ1v) is 14.4. The van der Waals surface area contributed by atoms with Crippen molar-refractivity contribution in [3.05, 3.63) is 82.4 Å². The van der Waals surface area contributed by atoms with Crippen LogP contribution < -0.4 is 4.72 Å². The Morgan fingerprint density at radius 3 is 2.42 bits per heavy atom. The van der Waals surface area contributed by atoms with E-state index >= 15 is 0 Å². The first-order chi connectivity index (χ1) is 17.2. The monoisotopic (exact) mass is 550 g/mol. The van der Waals surface area contributed by atoms with E-state index in [1.54, 1.807) is 24.3 Å². The van der Waals surface area contributed by atoms with Crippen LogP contribution in [0.25, 0.3) is 0 Å². The van der Waals surface area contributed by atoms with Gasteiger partial charge in [0.15, 0.2) is 0 Å². The predicted octanol–water partition coefficient (Wildman–Crippen LogP) is 5.83. The van der Waals surface area contributed by atoms with E-state index in [4.69, 9.17) is 27.9 Å². The maximum atomic E-state index is 14.0. The number of carbonyl (C=O) groups is 1. The molecule has 1 aliphatic carbocycles. The molecule has 2 aromatic carbocycles. The Hall–Kier alpha value is -1.90. The predicted molar refractivity (Wildman–Crippen MR) is 144 cm³/mol. The van der Waals surface area contributed by atoms with Gasteiger partial charge in [0.1, 0.15) is 12.2 Å². The lowest BCUT2D eigenvalue weighted by molar-refractivity contribution is -0.179. The SMILES string of the molecule is C=CC[C@@H]1O[C@H](c2cccc(Cl)c2)[C@@H](c2ccc(Cl)cc2)N([C@@H](CC)CC2(S(=O)(=O)NC)CC2)C1=O. The van der Waals surface area contributed by atoms with Crippen molar-refractivity contribution in [2.24, 2.45) is 0 Å². The number of hydrogen-bond acceptors (Lipinski definition) is 4. The van der Waals surface area contributed by atoms with Crippen LogP contribution in [0.1, 0.15) is 62.3 Å². The first-order valence-electron chi connectivity index (χ1n) is 12.2. The Morgan fingerprint density at radius 2 is 1.86 bits per heavy atom. The number of rotatable bonds is 10. The molecule has 194 valence electrons. The van der Waals surface area contributed by atoms with Gasteiger partial charge in [-0.25, -0.2) is 13.1 Å². The molecular weight excluding hydrogens is 519 g/mol. The largest absolute Gasteiger partial charge is 0.358 e. The third-order valence-electron chi connectivity index (χ3n) is 7.32. The van der Waals surface area contributed by atoms with Crippen LogP contribution in [-0.4, -0.2) is 43.2 Å². The summed E-state index contributed by atoms with van der Waals surface area (Å²) in [6, 6.07) is 14.0. The Morgan fingerprint density at radius 1 is 1.17 bits per heavy atom. The molecule has 1 heterocycles. The second kappa shape index (κ2) is 10.8. The van der Waals surface area contributed by atoms with Crippen LogP contribution >= 0.6 is 23.2 Å². The van der Waals surface area contributed by atoms with E-state index in [0.717, 1.165) is 11.1 Å². The summed E-state index contributed by atoms with van der Waals surface area (Å²) < 4.78 is 33.9. The van der Waals surface area contributed by atoms with Crippen molar-refractivity contribution in [2.75, 3.05) is 7.05 Å². The highest BCUT2D eigenvalue weighted by Crippen LogP contribution is 2.51. The average molecular weight is 552 g/mol. The zero-order chi connectivity index (χ0) is 26.1. The van der Waals surface area contributed by atoms with Gasteiger partial charge in [0.2, 0.25) is 10.0 Å². The lowest BCUT2D eigenvalue weighted by Gasteiger charge is -2.48. The molecule has 2 fully saturated rings. The molecule has 0 bridgehead atoms. The molecule has 1 saturated heterocycles. The summed E-state index contributed by atoms with van der Waals surface area (Å²) in [7, 11) is -2.05. The fourth-order valence-corrected chi connectivity index (χ4v) is 7.03. The van der Waals surface area contributed by atoms with E-state index in [2.05, 4.69) is 11.3 Å². The van der Waals surface area contributed by atoms with Crippen molar-refractivity contribution in [3.8, 4) is 0 Å². The summed E-state index contributed by atoms with van der Waals surface area (Å²) in [5, 5.41) is 1.15. The van der Waals surface area contributed by atoms with Crippen LogP contribution in [0.15, 0.2) is 61.2 Å². The highest BCUT2D eigenvalue weighted by Gasteiger charge is 2.57. The Bertz CT molecular complexity index is 1210. The lowest BCUT2D eigenvalue weighted by Crippen LogP contribution is -2.56. The van der Waals surface area contributed by atoms with E-state index in [-0.39, 0.29) is 11.9 Å². The van der Waals surface area contributed by atoms with Crippen LogP contribution in [0.2, 0.25) is 10.0 Å². The van der Waals surface area contributed by atoms with Crippen molar-refractivity contribution in [3.63, 3.8) is 0 Å². The number of nitrogens with one attached hydrogen (secondary N) is 1. The summed E-state index contributed by atoms with van der Waals surface area (Å²) in [6.45, 7) is 5.81. The smallest absolute Gasteiger partial charge is 0.252 e. The summed E-state index contributed by atoms with van der Waals surface area (Å²) in [6.07, 6.45) is 2.86. The molecule has 2 aromatic rings. The number of carbonyl (C=O) groups excluding carboxylic acids is 1. The Kier molecular flexibility index (Phi) is 8.17. The van der Waals surface area contributed by atoms with E-state index in [1.165, 1.54) is 7.05 Å². The molecule has 4 rings (SSSR count). The minimum atomic E-state index is -3.50. The van der Waals surface area contributed by atoms with Gasteiger partial charge in [-0.2, -0.15) is 0 Å². The standard InChI is InChI=1S/C27H32Cl2N2O4S/c1-4-7-23-26(32)31(22(5-2)17-27(14-15-27)36(33,34)30-3)24(18-10-12-20(28)13-11-18)25(35-23)19-8-6-9-21(29)16-19/h4,6,8-13,16,22-25,30H,1,5,7,14-15,17H2,2-3H3/t22-,23-,24+,25+/m0/s1. The van der Waals surface area contributed by atoms with Gasteiger partial charge < -0.3 is 9.64 Å². The summed E-state index contributed by atoms with van der Waals surface area (Å²) >= 11 is 12.5. The van der Waals surface area contributed by atoms with Gasteiger partial charge in [0.05, 0.1) is 10.8 Å². The van der Waals surface area contributed by atoms with Crippen LogP contribution in [0.3, 0.4) is 0 Å². The lowest BCUT2D eigenvalue weighted by atomic mass is 9.88. The normalized spacial score (nSPS) is 24.4. The zero-order valence-electron chi connectivity index (χ0n) is 20.5. The van der Waals surface area contributed by atoms with Gasteiger partial charge in [0, 0.05) is 22.5 Å². The molecule has 1 aliphatic heterocycles.